The van der Waals surface area contributed by atoms with Crippen LogP contribution in [0.15, 0.2) is 53.9 Å². The Balaban J connectivity index is 2.21. The van der Waals surface area contributed by atoms with Crippen LogP contribution in [-0.2, 0) is 23.0 Å². The van der Waals surface area contributed by atoms with E-state index in [0.29, 0.717) is 24.2 Å². The van der Waals surface area contributed by atoms with Gasteiger partial charge in [-0.25, -0.2) is 12.7 Å². The quantitative estimate of drug-likeness (QED) is 0.683. The van der Waals surface area contributed by atoms with Crippen molar-refractivity contribution in [1.82, 2.24) is 4.31 Å². The van der Waals surface area contributed by atoms with Crippen molar-refractivity contribution >= 4 is 15.9 Å². The summed E-state index contributed by atoms with van der Waals surface area (Å²) in [5.41, 5.74) is 1.34. The first kappa shape index (κ1) is 19.0. The Hall–Kier alpha value is -2.80. The van der Waals surface area contributed by atoms with Gasteiger partial charge in [0.05, 0.1) is 20.3 Å². The fourth-order valence-electron chi connectivity index (χ4n) is 3.17. The fourth-order valence-corrected chi connectivity index (χ4v) is 4.91. The summed E-state index contributed by atoms with van der Waals surface area (Å²) in [6.45, 7) is 5.73. The van der Waals surface area contributed by atoms with Crippen LogP contribution in [0.2, 0.25) is 0 Å². The minimum absolute atomic E-state index is 0.0254. The Morgan fingerprint density at radius 1 is 1.22 bits per heavy atom. The molecule has 0 radical (unpaired) electrons. The summed E-state index contributed by atoms with van der Waals surface area (Å²) in [4.78, 5) is 12.9. The summed E-state index contributed by atoms with van der Waals surface area (Å²) in [6.07, 6.45) is 2.03. The Kier molecular flexibility index (Phi) is 5.23. The smallest absolute Gasteiger partial charge is 0.273 e. The van der Waals surface area contributed by atoms with Crippen molar-refractivity contribution in [2.75, 3.05) is 13.7 Å². The first-order chi connectivity index (χ1) is 13.0. The predicted molar refractivity (Wildman–Crippen MR) is 102 cm³/mol. The van der Waals surface area contributed by atoms with Crippen LogP contribution in [0, 0.1) is 0 Å². The van der Waals surface area contributed by atoms with E-state index in [0.717, 1.165) is 4.31 Å². The predicted octanol–water partition coefficient (Wildman–Crippen LogP) is 3.17. The lowest BCUT2D eigenvalue weighted by Crippen LogP contribution is -2.29. The number of ether oxygens (including phenoxy) is 2. The number of rotatable bonds is 7. The Morgan fingerprint density at radius 2 is 1.93 bits per heavy atom. The van der Waals surface area contributed by atoms with Crippen LogP contribution in [0.1, 0.15) is 28.4 Å². The average Bonchev–Trinajstić information content (AvgIpc) is 2.85. The molecular weight excluding hydrogens is 366 g/mol. The van der Waals surface area contributed by atoms with Crippen molar-refractivity contribution < 1.29 is 22.7 Å². The summed E-state index contributed by atoms with van der Waals surface area (Å²) in [5.74, 6) is -0.202. The highest BCUT2D eigenvalue weighted by atomic mass is 32.2. The van der Waals surface area contributed by atoms with Crippen LogP contribution < -0.4 is 9.47 Å². The van der Waals surface area contributed by atoms with E-state index in [-0.39, 0.29) is 28.5 Å². The zero-order chi connectivity index (χ0) is 19.6. The lowest BCUT2D eigenvalue weighted by atomic mass is 10.0. The van der Waals surface area contributed by atoms with Gasteiger partial charge in [0.2, 0.25) is 0 Å². The topological polar surface area (TPSA) is 72.9 Å². The molecule has 0 spiro atoms. The van der Waals surface area contributed by atoms with Crippen LogP contribution in [0.3, 0.4) is 0 Å². The molecule has 0 aliphatic carbocycles. The average molecular weight is 387 g/mol. The van der Waals surface area contributed by atoms with Crippen molar-refractivity contribution in [3.8, 4) is 11.5 Å². The number of benzene rings is 2. The minimum Gasteiger partial charge on any atom is -0.495 e. The zero-order valence-corrected chi connectivity index (χ0v) is 16.1. The second-order valence-electron chi connectivity index (χ2n) is 6.00. The number of amides is 1. The summed E-state index contributed by atoms with van der Waals surface area (Å²) >= 11 is 0. The van der Waals surface area contributed by atoms with Gasteiger partial charge < -0.3 is 9.47 Å². The normalized spacial score (nSPS) is 14.7. The van der Waals surface area contributed by atoms with Crippen LogP contribution in [0.4, 0.5) is 0 Å². The van der Waals surface area contributed by atoms with E-state index in [4.69, 9.17) is 9.47 Å². The maximum absolute atomic E-state index is 13.2. The number of nitrogens with zero attached hydrogens (tertiary/aromatic N) is 1. The Bertz CT molecular complexity index is 983. The SMILES string of the molecule is C=CCc1cc(OCC)c2c(c1OC)S(=O)(=O)N(Cc1ccccc1)C2=O. The van der Waals surface area contributed by atoms with Crippen LogP contribution in [0.25, 0.3) is 0 Å². The molecule has 1 aliphatic heterocycles. The summed E-state index contributed by atoms with van der Waals surface area (Å²) in [5, 5.41) is 0. The molecule has 2 aromatic rings. The van der Waals surface area contributed by atoms with Gasteiger partial charge in [-0.3, -0.25) is 4.79 Å². The van der Waals surface area contributed by atoms with E-state index < -0.39 is 15.9 Å². The Labute approximate surface area is 159 Å². The second-order valence-corrected chi connectivity index (χ2v) is 7.80. The number of hydrogen-bond donors (Lipinski definition) is 0. The Morgan fingerprint density at radius 3 is 2.52 bits per heavy atom. The van der Waals surface area contributed by atoms with E-state index in [1.165, 1.54) is 7.11 Å². The van der Waals surface area contributed by atoms with E-state index in [1.807, 2.05) is 6.07 Å². The summed E-state index contributed by atoms with van der Waals surface area (Å²) < 4.78 is 38.3. The summed E-state index contributed by atoms with van der Waals surface area (Å²) in [7, 11) is -2.68. The third kappa shape index (κ3) is 3.19. The molecule has 0 aromatic heterocycles. The van der Waals surface area contributed by atoms with Gasteiger partial charge in [-0.1, -0.05) is 36.4 Å². The van der Waals surface area contributed by atoms with Crippen LogP contribution >= 0.6 is 0 Å². The van der Waals surface area contributed by atoms with Gasteiger partial charge in [0.1, 0.15) is 22.0 Å². The van der Waals surface area contributed by atoms with E-state index in [2.05, 4.69) is 6.58 Å². The van der Waals surface area contributed by atoms with Gasteiger partial charge in [0.25, 0.3) is 15.9 Å². The molecule has 1 amide bonds. The second kappa shape index (κ2) is 7.44. The van der Waals surface area contributed by atoms with Gasteiger partial charge in [-0.2, -0.15) is 0 Å². The minimum atomic E-state index is -4.07. The third-order valence-electron chi connectivity index (χ3n) is 4.30. The highest BCUT2D eigenvalue weighted by Crippen LogP contribution is 2.45. The molecule has 3 rings (SSSR count). The molecule has 6 nitrogen and oxygen atoms in total. The molecule has 27 heavy (non-hydrogen) atoms. The maximum Gasteiger partial charge on any atom is 0.273 e. The van der Waals surface area contributed by atoms with Crippen molar-refractivity contribution in [2.45, 2.75) is 24.8 Å². The van der Waals surface area contributed by atoms with E-state index >= 15 is 0 Å². The van der Waals surface area contributed by atoms with Gasteiger partial charge in [-0.05, 0) is 25.0 Å². The first-order valence-corrected chi connectivity index (χ1v) is 9.98. The zero-order valence-electron chi connectivity index (χ0n) is 15.3. The molecule has 7 heteroatoms. The largest absolute Gasteiger partial charge is 0.495 e. The van der Waals surface area contributed by atoms with Gasteiger partial charge in [0, 0.05) is 5.56 Å². The monoisotopic (exact) mass is 387 g/mol. The van der Waals surface area contributed by atoms with Gasteiger partial charge in [0.15, 0.2) is 0 Å². The number of carbonyl (C=O) groups excluding carboxylic acids is 1. The molecule has 1 heterocycles. The first-order valence-electron chi connectivity index (χ1n) is 8.54. The molecule has 0 fully saturated rings. The highest BCUT2D eigenvalue weighted by Gasteiger charge is 2.46. The number of methoxy groups -OCH3 is 1. The van der Waals surface area contributed by atoms with Crippen molar-refractivity contribution in [3.63, 3.8) is 0 Å². The molecule has 0 N–H and O–H groups in total. The molecule has 0 atom stereocenters. The summed E-state index contributed by atoms with van der Waals surface area (Å²) in [6, 6.07) is 10.6. The van der Waals surface area contributed by atoms with Crippen LogP contribution in [-0.4, -0.2) is 32.3 Å². The third-order valence-corrected chi connectivity index (χ3v) is 6.08. The van der Waals surface area contributed by atoms with E-state index in [1.54, 1.807) is 43.3 Å². The molecule has 2 aromatic carbocycles. The molecule has 0 saturated carbocycles. The molecule has 0 saturated heterocycles. The van der Waals surface area contributed by atoms with Crippen molar-refractivity contribution in [3.05, 3.63) is 65.7 Å². The number of sulfonamides is 1. The molecule has 1 aliphatic rings. The van der Waals surface area contributed by atoms with Crippen LogP contribution in [0.5, 0.6) is 11.5 Å². The van der Waals surface area contributed by atoms with Crippen molar-refractivity contribution in [1.29, 1.82) is 0 Å². The van der Waals surface area contributed by atoms with Gasteiger partial charge in [-0.15, -0.1) is 6.58 Å². The lowest BCUT2D eigenvalue weighted by Gasteiger charge is -2.16. The standard InChI is InChI=1S/C20H21NO5S/c1-4-9-15-12-16(26-5-2)17-19(18(15)25-3)27(23,24)21(20(17)22)13-14-10-7-6-8-11-14/h4,6-8,10-12H,1,5,9,13H2,2-3H3. The maximum atomic E-state index is 13.2. The molecule has 0 bridgehead atoms. The highest BCUT2D eigenvalue weighted by molar-refractivity contribution is 7.90. The number of fused-ring (bicyclic) bond motifs is 1. The number of allylic oxidation sites excluding steroid dienone is 1. The number of hydrogen-bond acceptors (Lipinski definition) is 5. The molecule has 0 unspecified atom stereocenters. The van der Waals surface area contributed by atoms with E-state index in [9.17, 15) is 13.2 Å². The lowest BCUT2D eigenvalue weighted by molar-refractivity contribution is 0.0861. The number of carbonyl (C=O) groups is 1. The van der Waals surface area contributed by atoms with Crippen molar-refractivity contribution in [2.24, 2.45) is 0 Å². The van der Waals surface area contributed by atoms with Gasteiger partial charge >= 0.3 is 0 Å². The molecular formula is C20H21NO5S. The molecule has 142 valence electrons. The fraction of sp³-hybridized carbons (Fsp3) is 0.250.